The number of hydrogen-bond acceptors (Lipinski definition) is 2. The molecule has 114 valence electrons. The van der Waals surface area contributed by atoms with Crippen LogP contribution in [0.5, 0.6) is 0 Å². The molecule has 1 unspecified atom stereocenters. The predicted molar refractivity (Wildman–Crippen MR) is 98.6 cm³/mol. The van der Waals surface area contributed by atoms with Crippen LogP contribution >= 0.6 is 59.1 Å². The Bertz CT molecular complexity index is 595. The summed E-state index contributed by atoms with van der Waals surface area (Å²) < 4.78 is 16.4. The number of nitrogens with one attached hydrogen (secondary N) is 1. The van der Waals surface area contributed by atoms with E-state index < -0.39 is 0 Å². The fourth-order valence-corrected chi connectivity index (χ4v) is 4.64. The van der Waals surface area contributed by atoms with E-state index in [2.05, 4.69) is 66.1 Å². The van der Waals surface area contributed by atoms with Gasteiger partial charge in [-0.2, -0.15) is 0 Å². The van der Waals surface area contributed by atoms with E-state index in [1.165, 1.54) is 10.9 Å². The zero-order valence-electron chi connectivity index (χ0n) is 11.4. The van der Waals surface area contributed by atoms with E-state index >= 15 is 0 Å². The van der Waals surface area contributed by atoms with E-state index in [0.29, 0.717) is 4.47 Å². The lowest BCUT2D eigenvalue weighted by molar-refractivity contribution is 0.532. The summed E-state index contributed by atoms with van der Waals surface area (Å²) in [7, 11) is 0. The van der Waals surface area contributed by atoms with Gasteiger partial charge in [-0.05, 0) is 84.9 Å². The third-order valence-corrected chi connectivity index (χ3v) is 7.36. The van der Waals surface area contributed by atoms with Crippen molar-refractivity contribution in [3.63, 3.8) is 0 Å². The Kier molecular flexibility index (Phi) is 6.87. The van der Waals surface area contributed by atoms with Crippen molar-refractivity contribution < 1.29 is 4.39 Å². The van der Waals surface area contributed by atoms with Gasteiger partial charge in [0.2, 0.25) is 0 Å². The van der Waals surface area contributed by atoms with Gasteiger partial charge in [-0.15, -0.1) is 11.3 Å². The molecule has 0 bridgehead atoms. The van der Waals surface area contributed by atoms with Crippen LogP contribution in [0.15, 0.2) is 37.0 Å². The Hall–Kier alpha value is 0.250. The zero-order chi connectivity index (χ0) is 15.4. The van der Waals surface area contributed by atoms with Crippen LogP contribution in [0.3, 0.4) is 0 Å². The van der Waals surface area contributed by atoms with E-state index in [-0.39, 0.29) is 11.9 Å². The van der Waals surface area contributed by atoms with Gasteiger partial charge in [0, 0.05) is 15.4 Å². The van der Waals surface area contributed by atoms with Crippen molar-refractivity contribution in [3.8, 4) is 0 Å². The standard InChI is InChI=1S/C15H15Br3FNS/c1-2-6-20-12(13-8-10(16)15(18)21-13)7-9-4-3-5-11(19)14(9)17/h3-5,8,12,20H,2,6-7H2,1H3. The number of hydrogen-bond donors (Lipinski definition) is 1. The minimum Gasteiger partial charge on any atom is -0.309 e. The van der Waals surface area contributed by atoms with Gasteiger partial charge >= 0.3 is 0 Å². The van der Waals surface area contributed by atoms with Crippen molar-refractivity contribution in [3.05, 3.63) is 53.3 Å². The molecule has 0 aliphatic heterocycles. The van der Waals surface area contributed by atoms with Crippen LogP contribution < -0.4 is 5.32 Å². The van der Waals surface area contributed by atoms with Crippen LogP contribution in [0.1, 0.15) is 29.8 Å². The maximum atomic E-state index is 13.7. The summed E-state index contributed by atoms with van der Waals surface area (Å²) in [5.41, 5.74) is 0.976. The molecule has 2 aromatic rings. The summed E-state index contributed by atoms with van der Waals surface area (Å²) in [5, 5.41) is 3.55. The Balaban J connectivity index is 2.26. The van der Waals surface area contributed by atoms with Crippen LogP contribution in [0.4, 0.5) is 4.39 Å². The molecule has 0 saturated heterocycles. The van der Waals surface area contributed by atoms with Gasteiger partial charge in [0.15, 0.2) is 0 Å². The van der Waals surface area contributed by atoms with Gasteiger partial charge < -0.3 is 5.32 Å². The summed E-state index contributed by atoms with van der Waals surface area (Å²) >= 11 is 12.1. The second-order valence-corrected chi connectivity index (χ2v) is 8.74. The van der Waals surface area contributed by atoms with Crippen LogP contribution in [-0.4, -0.2) is 6.54 Å². The third-order valence-electron chi connectivity index (χ3n) is 3.10. The number of thiophene rings is 1. The molecule has 0 fully saturated rings. The molecule has 1 nitrogen and oxygen atoms in total. The van der Waals surface area contributed by atoms with Crippen LogP contribution in [0, 0.1) is 5.82 Å². The molecule has 1 N–H and O–H groups in total. The second-order valence-electron chi connectivity index (χ2n) is 4.69. The predicted octanol–water partition coefficient (Wildman–Crippen LogP) is 6.46. The van der Waals surface area contributed by atoms with Crippen LogP contribution in [0.25, 0.3) is 0 Å². The van der Waals surface area contributed by atoms with Crippen molar-refractivity contribution in [1.29, 1.82) is 0 Å². The second kappa shape index (κ2) is 8.20. The molecule has 0 saturated carbocycles. The Morgan fingerprint density at radius 1 is 1.29 bits per heavy atom. The molecular weight excluding hydrogens is 485 g/mol. The molecule has 0 aliphatic rings. The quantitative estimate of drug-likeness (QED) is 0.481. The molecule has 0 aliphatic carbocycles. The normalized spacial score (nSPS) is 12.6. The zero-order valence-corrected chi connectivity index (χ0v) is 17.0. The lowest BCUT2D eigenvalue weighted by Crippen LogP contribution is -2.23. The highest BCUT2D eigenvalue weighted by Gasteiger charge is 2.18. The number of rotatable bonds is 6. The Morgan fingerprint density at radius 3 is 2.67 bits per heavy atom. The topological polar surface area (TPSA) is 12.0 Å². The highest BCUT2D eigenvalue weighted by molar-refractivity contribution is 9.13. The van der Waals surface area contributed by atoms with Crippen LogP contribution in [-0.2, 0) is 6.42 Å². The van der Waals surface area contributed by atoms with Crippen molar-refractivity contribution in [2.75, 3.05) is 6.54 Å². The first-order chi connectivity index (χ1) is 10.0. The molecule has 1 aromatic heterocycles. The highest BCUT2D eigenvalue weighted by Crippen LogP contribution is 2.37. The average Bonchev–Trinajstić information content (AvgIpc) is 2.79. The summed E-state index contributed by atoms with van der Waals surface area (Å²) in [5.74, 6) is -0.213. The summed E-state index contributed by atoms with van der Waals surface area (Å²) in [6.45, 7) is 3.08. The Morgan fingerprint density at radius 2 is 2.05 bits per heavy atom. The lowest BCUT2D eigenvalue weighted by Gasteiger charge is -2.18. The number of benzene rings is 1. The van der Waals surface area contributed by atoms with Gasteiger partial charge in [-0.3, -0.25) is 0 Å². The van der Waals surface area contributed by atoms with Gasteiger partial charge in [0.05, 0.1) is 8.26 Å². The molecule has 21 heavy (non-hydrogen) atoms. The fraction of sp³-hybridized carbons (Fsp3) is 0.333. The van der Waals surface area contributed by atoms with E-state index in [1.807, 2.05) is 6.07 Å². The maximum absolute atomic E-state index is 13.7. The SMILES string of the molecule is CCCNC(Cc1cccc(F)c1Br)c1cc(Br)c(Br)s1. The third kappa shape index (κ3) is 4.61. The Labute approximate surface area is 153 Å². The molecule has 0 radical (unpaired) electrons. The van der Waals surface area contributed by atoms with E-state index in [1.54, 1.807) is 17.4 Å². The monoisotopic (exact) mass is 497 g/mol. The van der Waals surface area contributed by atoms with Crippen molar-refractivity contribution >= 4 is 59.1 Å². The minimum absolute atomic E-state index is 0.177. The first-order valence-corrected chi connectivity index (χ1v) is 9.83. The van der Waals surface area contributed by atoms with E-state index in [4.69, 9.17) is 0 Å². The molecule has 1 heterocycles. The molecule has 0 spiro atoms. The fourth-order valence-electron chi connectivity index (χ4n) is 2.05. The first-order valence-electron chi connectivity index (χ1n) is 6.64. The van der Waals surface area contributed by atoms with Gasteiger partial charge in [0.25, 0.3) is 0 Å². The lowest BCUT2D eigenvalue weighted by atomic mass is 10.0. The summed E-state index contributed by atoms with van der Waals surface area (Å²) in [6, 6.07) is 7.49. The molecule has 1 atom stereocenters. The van der Waals surface area contributed by atoms with E-state index in [0.717, 1.165) is 33.2 Å². The van der Waals surface area contributed by atoms with E-state index in [9.17, 15) is 4.39 Å². The average molecular weight is 500 g/mol. The highest BCUT2D eigenvalue weighted by atomic mass is 79.9. The first kappa shape index (κ1) is 17.6. The van der Waals surface area contributed by atoms with Crippen molar-refractivity contribution in [2.24, 2.45) is 0 Å². The molecule has 6 heteroatoms. The largest absolute Gasteiger partial charge is 0.309 e. The maximum Gasteiger partial charge on any atom is 0.137 e. The van der Waals surface area contributed by atoms with Gasteiger partial charge in [-0.1, -0.05) is 19.1 Å². The summed E-state index contributed by atoms with van der Waals surface area (Å²) in [4.78, 5) is 1.23. The smallest absolute Gasteiger partial charge is 0.137 e. The molecular formula is C15H15Br3FNS. The van der Waals surface area contributed by atoms with Crippen molar-refractivity contribution in [1.82, 2.24) is 5.32 Å². The molecule has 0 amide bonds. The molecule has 2 rings (SSSR count). The molecule has 1 aromatic carbocycles. The van der Waals surface area contributed by atoms with Crippen LogP contribution in [0.2, 0.25) is 0 Å². The summed E-state index contributed by atoms with van der Waals surface area (Å²) in [6.07, 6.45) is 1.81. The number of halogens is 4. The minimum atomic E-state index is -0.213. The van der Waals surface area contributed by atoms with Gasteiger partial charge in [0.1, 0.15) is 5.82 Å². The van der Waals surface area contributed by atoms with Crippen molar-refractivity contribution in [2.45, 2.75) is 25.8 Å². The van der Waals surface area contributed by atoms with Gasteiger partial charge in [-0.25, -0.2) is 4.39 Å².